The van der Waals surface area contributed by atoms with Crippen LogP contribution >= 0.6 is 0 Å². The van der Waals surface area contributed by atoms with Gasteiger partial charge in [0.05, 0.1) is 30.9 Å². The second-order valence-corrected chi connectivity index (χ2v) is 7.53. The molecule has 32 heavy (non-hydrogen) atoms. The van der Waals surface area contributed by atoms with Crippen LogP contribution in [0.3, 0.4) is 0 Å². The van der Waals surface area contributed by atoms with Gasteiger partial charge in [0.15, 0.2) is 6.61 Å². The van der Waals surface area contributed by atoms with Crippen LogP contribution in [0.2, 0.25) is 0 Å². The number of anilines is 1. The Morgan fingerprint density at radius 3 is 2.75 bits per heavy atom. The Kier molecular flexibility index (Phi) is 5.85. The van der Waals surface area contributed by atoms with Gasteiger partial charge >= 0.3 is 0 Å². The van der Waals surface area contributed by atoms with Crippen LogP contribution in [0.5, 0.6) is 17.2 Å². The molecule has 2 heterocycles. The van der Waals surface area contributed by atoms with Crippen molar-refractivity contribution in [1.29, 1.82) is 0 Å². The number of hydrogen-bond acceptors (Lipinski definition) is 7. The van der Waals surface area contributed by atoms with Gasteiger partial charge in [-0.1, -0.05) is 0 Å². The summed E-state index contributed by atoms with van der Waals surface area (Å²) in [6.45, 7) is 0.0815. The number of fused-ring (bicyclic) bond motifs is 1. The van der Waals surface area contributed by atoms with Crippen molar-refractivity contribution in [1.82, 2.24) is 4.90 Å². The van der Waals surface area contributed by atoms with Gasteiger partial charge in [0.25, 0.3) is 11.6 Å². The Morgan fingerprint density at radius 2 is 2.03 bits per heavy atom. The minimum absolute atomic E-state index is 0.179. The lowest BCUT2D eigenvalue weighted by molar-refractivity contribution is -0.384. The first-order chi connectivity index (χ1) is 15.4. The standard InChI is InChI=1S/C22H23N3O7/c1-30-15-6-7-16(20(11-15)31-2)17-4-3-9-23(17)21(26)12-24-18-10-14(25(28)29)5-8-19(18)32-13-22(24)27/h5-8,10-11,17H,3-4,9,12-13H2,1-2H3. The Bertz CT molecular complexity index is 1070. The van der Waals surface area contributed by atoms with Crippen LogP contribution in [0.15, 0.2) is 36.4 Å². The maximum atomic E-state index is 13.3. The van der Waals surface area contributed by atoms with E-state index in [1.54, 1.807) is 25.2 Å². The number of nitro groups is 1. The Balaban J connectivity index is 1.60. The first-order valence-electron chi connectivity index (χ1n) is 10.2. The lowest BCUT2D eigenvalue weighted by Crippen LogP contribution is -2.46. The number of likely N-dealkylation sites (tertiary alicyclic amines) is 1. The molecular weight excluding hydrogens is 418 g/mol. The second-order valence-electron chi connectivity index (χ2n) is 7.53. The van der Waals surface area contributed by atoms with Gasteiger partial charge in [-0.05, 0) is 31.0 Å². The molecule has 2 amide bonds. The number of amides is 2. The number of methoxy groups -OCH3 is 2. The molecule has 0 aliphatic carbocycles. The number of non-ortho nitro benzene ring substituents is 1. The zero-order valence-electron chi connectivity index (χ0n) is 17.8. The molecule has 1 saturated heterocycles. The van der Waals surface area contributed by atoms with Crippen molar-refractivity contribution >= 4 is 23.2 Å². The maximum Gasteiger partial charge on any atom is 0.271 e. The third-order valence-electron chi connectivity index (χ3n) is 5.76. The van der Waals surface area contributed by atoms with E-state index in [4.69, 9.17) is 14.2 Å². The number of benzene rings is 2. The molecule has 0 bridgehead atoms. The Labute approximate surface area is 184 Å². The molecule has 2 aromatic carbocycles. The number of hydrogen-bond donors (Lipinski definition) is 0. The molecule has 168 valence electrons. The molecule has 2 aliphatic rings. The molecule has 0 N–H and O–H groups in total. The van der Waals surface area contributed by atoms with E-state index < -0.39 is 10.8 Å². The monoisotopic (exact) mass is 441 g/mol. The molecule has 10 heteroatoms. The zero-order chi connectivity index (χ0) is 22.8. The van der Waals surface area contributed by atoms with Gasteiger partial charge in [-0.25, -0.2) is 0 Å². The summed E-state index contributed by atoms with van der Waals surface area (Å²) in [7, 11) is 3.14. The van der Waals surface area contributed by atoms with Crippen molar-refractivity contribution in [2.24, 2.45) is 0 Å². The summed E-state index contributed by atoms with van der Waals surface area (Å²) in [6, 6.07) is 9.28. The lowest BCUT2D eigenvalue weighted by atomic mass is 10.0. The predicted octanol–water partition coefficient (Wildman–Crippen LogP) is 2.70. The van der Waals surface area contributed by atoms with E-state index in [0.29, 0.717) is 23.8 Å². The van der Waals surface area contributed by atoms with Crippen molar-refractivity contribution in [2.75, 3.05) is 38.8 Å². The van der Waals surface area contributed by atoms with E-state index in [1.807, 2.05) is 12.1 Å². The van der Waals surface area contributed by atoms with Crippen LogP contribution < -0.4 is 19.1 Å². The first-order valence-corrected chi connectivity index (χ1v) is 10.2. The first kappa shape index (κ1) is 21.4. The van der Waals surface area contributed by atoms with Crippen molar-refractivity contribution in [2.45, 2.75) is 18.9 Å². The maximum absolute atomic E-state index is 13.3. The van der Waals surface area contributed by atoms with Gasteiger partial charge in [-0.15, -0.1) is 0 Å². The predicted molar refractivity (Wildman–Crippen MR) is 114 cm³/mol. The normalized spacial score (nSPS) is 17.6. The summed E-state index contributed by atoms with van der Waals surface area (Å²) in [6.07, 6.45) is 1.57. The molecule has 2 aromatic rings. The van der Waals surface area contributed by atoms with Gasteiger partial charge in [0.2, 0.25) is 5.91 Å². The van der Waals surface area contributed by atoms with Crippen LogP contribution in [-0.4, -0.2) is 55.6 Å². The second kappa shape index (κ2) is 8.74. The van der Waals surface area contributed by atoms with E-state index in [2.05, 4.69) is 0 Å². The molecule has 0 spiro atoms. The number of nitro benzene ring substituents is 1. The molecule has 1 unspecified atom stereocenters. The van der Waals surface area contributed by atoms with Crippen molar-refractivity contribution in [3.63, 3.8) is 0 Å². The van der Waals surface area contributed by atoms with E-state index in [-0.39, 0.29) is 36.5 Å². The molecule has 1 atom stereocenters. The fourth-order valence-corrected chi connectivity index (χ4v) is 4.19. The fraction of sp³-hybridized carbons (Fsp3) is 0.364. The minimum Gasteiger partial charge on any atom is -0.497 e. The average molecular weight is 441 g/mol. The van der Waals surface area contributed by atoms with E-state index in [9.17, 15) is 19.7 Å². The quantitative estimate of drug-likeness (QED) is 0.500. The van der Waals surface area contributed by atoms with E-state index in [0.717, 1.165) is 18.4 Å². The molecule has 2 aliphatic heterocycles. The van der Waals surface area contributed by atoms with E-state index >= 15 is 0 Å². The van der Waals surface area contributed by atoms with Gasteiger partial charge in [0.1, 0.15) is 23.8 Å². The van der Waals surface area contributed by atoms with Crippen LogP contribution in [0.25, 0.3) is 0 Å². The van der Waals surface area contributed by atoms with Gasteiger partial charge in [-0.2, -0.15) is 0 Å². The number of ether oxygens (including phenoxy) is 3. The van der Waals surface area contributed by atoms with Crippen LogP contribution in [0.1, 0.15) is 24.4 Å². The highest BCUT2D eigenvalue weighted by Crippen LogP contribution is 2.40. The average Bonchev–Trinajstić information content (AvgIpc) is 3.29. The summed E-state index contributed by atoms with van der Waals surface area (Å²) in [5, 5.41) is 11.2. The summed E-state index contributed by atoms with van der Waals surface area (Å²) >= 11 is 0. The number of carbonyl (C=O) groups excluding carboxylic acids is 2. The van der Waals surface area contributed by atoms with Crippen molar-refractivity contribution in [3.8, 4) is 17.2 Å². The number of nitrogens with zero attached hydrogens (tertiary/aromatic N) is 3. The van der Waals surface area contributed by atoms with Crippen LogP contribution in [0.4, 0.5) is 11.4 Å². The molecule has 10 nitrogen and oxygen atoms in total. The van der Waals surface area contributed by atoms with Crippen molar-refractivity contribution < 1.29 is 28.7 Å². The van der Waals surface area contributed by atoms with Crippen molar-refractivity contribution in [3.05, 3.63) is 52.1 Å². The third-order valence-corrected chi connectivity index (χ3v) is 5.76. The fourth-order valence-electron chi connectivity index (χ4n) is 4.19. The molecule has 1 fully saturated rings. The summed E-state index contributed by atoms with van der Waals surface area (Å²) in [5.74, 6) is 0.927. The summed E-state index contributed by atoms with van der Waals surface area (Å²) < 4.78 is 16.2. The van der Waals surface area contributed by atoms with Crippen LogP contribution in [-0.2, 0) is 9.59 Å². The molecule has 0 radical (unpaired) electrons. The third kappa shape index (κ3) is 3.91. The zero-order valence-corrected chi connectivity index (χ0v) is 17.8. The highest BCUT2D eigenvalue weighted by molar-refractivity contribution is 6.02. The topological polar surface area (TPSA) is 111 Å². The molecule has 0 aromatic heterocycles. The highest BCUT2D eigenvalue weighted by Gasteiger charge is 2.35. The molecule has 4 rings (SSSR count). The summed E-state index contributed by atoms with van der Waals surface area (Å²) in [5.41, 5.74) is 0.909. The Hall–Kier alpha value is -3.82. The smallest absolute Gasteiger partial charge is 0.271 e. The number of rotatable bonds is 6. The number of carbonyl (C=O) groups is 2. The van der Waals surface area contributed by atoms with Gasteiger partial charge in [-0.3, -0.25) is 24.6 Å². The molecular formula is C22H23N3O7. The van der Waals surface area contributed by atoms with E-state index in [1.165, 1.54) is 23.1 Å². The molecule has 0 saturated carbocycles. The minimum atomic E-state index is -0.550. The lowest BCUT2D eigenvalue weighted by Gasteiger charge is -2.32. The largest absolute Gasteiger partial charge is 0.497 e. The Morgan fingerprint density at radius 1 is 1.22 bits per heavy atom. The van der Waals surface area contributed by atoms with Gasteiger partial charge in [0, 0.05) is 30.3 Å². The van der Waals surface area contributed by atoms with Gasteiger partial charge < -0.3 is 19.1 Å². The highest BCUT2D eigenvalue weighted by atomic mass is 16.6. The summed E-state index contributed by atoms with van der Waals surface area (Å²) in [4.78, 5) is 39.4. The van der Waals surface area contributed by atoms with Crippen LogP contribution in [0, 0.1) is 10.1 Å². The SMILES string of the molecule is COc1ccc(C2CCCN2C(=O)CN2C(=O)COc3ccc([N+](=O)[O-])cc32)c(OC)c1.